The summed E-state index contributed by atoms with van der Waals surface area (Å²) < 4.78 is 9.88. The molecule has 0 atom stereocenters. The molecule has 1 aromatic rings. The topological polar surface area (TPSA) is 65.2 Å². The zero-order valence-electron chi connectivity index (χ0n) is 9.01. The van der Waals surface area contributed by atoms with Gasteiger partial charge in [-0.1, -0.05) is 24.3 Å². The van der Waals surface area contributed by atoms with Crippen LogP contribution in [0.5, 0.6) is 0 Å². The molecule has 1 aliphatic heterocycles. The Balaban J connectivity index is 2.27. The van der Waals surface area contributed by atoms with Gasteiger partial charge in [0.2, 0.25) is 0 Å². The van der Waals surface area contributed by atoms with Crippen LogP contribution in [-0.4, -0.2) is 23.3 Å². The number of hydrogen-bond donors (Lipinski definition) is 0. The van der Waals surface area contributed by atoms with E-state index in [0.717, 1.165) is 10.8 Å². The first-order chi connectivity index (χ1) is 8.29. The molecule has 2 aliphatic rings. The molecule has 5 heteroatoms. The number of carbonyl (C=O) groups is 1. The lowest BCUT2D eigenvalue weighted by Gasteiger charge is -1.99. The van der Waals surface area contributed by atoms with E-state index in [-0.39, 0.29) is 5.89 Å². The Morgan fingerprint density at radius 1 is 1.29 bits per heavy atom. The number of fused-ring (bicyclic) bond motifs is 3. The van der Waals surface area contributed by atoms with Crippen molar-refractivity contribution in [2.75, 3.05) is 7.11 Å². The highest BCUT2D eigenvalue weighted by Crippen LogP contribution is 2.31. The molecule has 0 bridgehead atoms. The van der Waals surface area contributed by atoms with Gasteiger partial charge < -0.3 is 9.15 Å². The van der Waals surface area contributed by atoms with Crippen LogP contribution in [0, 0.1) is 0 Å². The van der Waals surface area contributed by atoms with Gasteiger partial charge in [-0.25, -0.2) is 4.79 Å². The molecule has 17 heavy (non-hydrogen) atoms. The Labute approximate surface area is 96.4 Å². The van der Waals surface area contributed by atoms with E-state index >= 15 is 0 Å². The zero-order chi connectivity index (χ0) is 11.8. The first-order valence-corrected chi connectivity index (χ1v) is 5.03. The minimum absolute atomic E-state index is 0.143. The van der Waals surface area contributed by atoms with Crippen LogP contribution < -0.4 is 0 Å². The summed E-state index contributed by atoms with van der Waals surface area (Å²) in [7, 11) is 1.27. The molecule has 1 aromatic carbocycles. The number of carbonyl (C=O) groups excluding carboxylic acids is 1. The van der Waals surface area contributed by atoms with Crippen molar-refractivity contribution in [2.24, 2.45) is 0 Å². The molecule has 0 saturated heterocycles. The fourth-order valence-electron chi connectivity index (χ4n) is 1.75. The van der Waals surface area contributed by atoms with E-state index in [9.17, 15) is 4.79 Å². The van der Waals surface area contributed by atoms with Gasteiger partial charge in [0.15, 0.2) is 5.76 Å². The average Bonchev–Trinajstić information content (AvgIpc) is 2.75. The number of ether oxygens (including phenoxy) is 1. The molecule has 1 heterocycles. The summed E-state index contributed by atoms with van der Waals surface area (Å²) in [6.07, 6.45) is 0. The van der Waals surface area contributed by atoms with Crippen LogP contribution in [0.4, 0.5) is 0 Å². The van der Waals surface area contributed by atoms with E-state index < -0.39 is 5.97 Å². The van der Waals surface area contributed by atoms with Gasteiger partial charge in [-0.2, -0.15) is 0 Å². The smallest absolute Gasteiger partial charge is 0.396 e. The highest BCUT2D eigenvalue weighted by Gasteiger charge is 2.19. The number of methoxy groups -OCH3 is 1. The molecule has 0 amide bonds. The third kappa shape index (κ3) is 1.44. The normalized spacial score (nSPS) is 10.9. The molecule has 84 valence electrons. The lowest BCUT2D eigenvalue weighted by Crippen LogP contribution is -2.06. The Kier molecular flexibility index (Phi) is 2.04. The number of rotatable bonds is 1. The molecule has 3 rings (SSSR count). The number of esters is 1. The van der Waals surface area contributed by atoms with Gasteiger partial charge in [-0.05, 0) is 11.5 Å². The lowest BCUT2D eigenvalue weighted by atomic mass is 10.2. The summed E-state index contributed by atoms with van der Waals surface area (Å²) in [5.74, 6) is -0.249. The molecule has 1 aliphatic carbocycles. The quantitative estimate of drug-likeness (QED) is 0.597. The van der Waals surface area contributed by atoms with Crippen molar-refractivity contribution >= 4 is 16.7 Å². The summed E-state index contributed by atoms with van der Waals surface area (Å²) >= 11 is 0. The van der Waals surface area contributed by atoms with E-state index in [0.29, 0.717) is 11.5 Å². The van der Waals surface area contributed by atoms with Crippen molar-refractivity contribution in [1.82, 2.24) is 10.2 Å². The van der Waals surface area contributed by atoms with E-state index in [1.807, 2.05) is 30.3 Å². The predicted molar refractivity (Wildman–Crippen MR) is 59.8 cm³/mol. The standard InChI is InChI=1S/C12H8N2O3/c1-16-12(15)11-14-13-10-8-5-3-2-4-7(8)6-9(10)17-11/h2-6H,1H3. The van der Waals surface area contributed by atoms with Crippen LogP contribution in [0.2, 0.25) is 0 Å². The molecule has 0 N–H and O–H groups in total. The molecule has 0 spiro atoms. The second kappa shape index (κ2) is 3.55. The average molecular weight is 228 g/mol. The monoisotopic (exact) mass is 228 g/mol. The Morgan fingerprint density at radius 3 is 2.94 bits per heavy atom. The Morgan fingerprint density at radius 2 is 2.12 bits per heavy atom. The van der Waals surface area contributed by atoms with Crippen molar-refractivity contribution in [3.8, 4) is 11.5 Å². The molecule has 5 nitrogen and oxygen atoms in total. The van der Waals surface area contributed by atoms with E-state index in [1.165, 1.54) is 7.11 Å². The fourth-order valence-corrected chi connectivity index (χ4v) is 1.75. The number of benzene rings is 1. The molecule has 0 aromatic heterocycles. The predicted octanol–water partition coefficient (Wildman–Crippen LogP) is 2.11. The van der Waals surface area contributed by atoms with E-state index in [2.05, 4.69) is 14.9 Å². The summed E-state index contributed by atoms with van der Waals surface area (Å²) in [6, 6.07) is 9.54. The minimum Gasteiger partial charge on any atom is -0.462 e. The van der Waals surface area contributed by atoms with Crippen LogP contribution in [0.1, 0.15) is 10.7 Å². The molecule has 0 radical (unpaired) electrons. The fraction of sp³-hybridized carbons (Fsp3) is 0.0833. The van der Waals surface area contributed by atoms with Gasteiger partial charge in [0, 0.05) is 5.39 Å². The first-order valence-electron chi connectivity index (χ1n) is 5.03. The highest BCUT2D eigenvalue weighted by molar-refractivity contribution is 5.99. The second-order valence-corrected chi connectivity index (χ2v) is 3.54. The number of nitrogens with zero attached hydrogens (tertiary/aromatic N) is 2. The molecular weight excluding hydrogens is 220 g/mol. The number of aromatic nitrogens is 2. The van der Waals surface area contributed by atoms with Crippen molar-refractivity contribution < 1.29 is 13.9 Å². The maximum atomic E-state index is 11.3. The minimum atomic E-state index is -0.635. The van der Waals surface area contributed by atoms with Gasteiger partial charge in [0.25, 0.3) is 0 Å². The molecular formula is C12H8N2O3. The van der Waals surface area contributed by atoms with Gasteiger partial charge in [0.05, 0.1) is 7.11 Å². The Bertz CT molecular complexity index is 675. The van der Waals surface area contributed by atoms with Crippen molar-refractivity contribution in [1.29, 1.82) is 0 Å². The van der Waals surface area contributed by atoms with Crippen molar-refractivity contribution in [3.63, 3.8) is 0 Å². The van der Waals surface area contributed by atoms with E-state index in [4.69, 9.17) is 4.42 Å². The first kappa shape index (κ1) is 9.77. The van der Waals surface area contributed by atoms with Gasteiger partial charge in [-0.3, -0.25) is 0 Å². The van der Waals surface area contributed by atoms with Crippen LogP contribution in [0.15, 0.2) is 34.7 Å². The molecule has 0 fully saturated rings. The van der Waals surface area contributed by atoms with Gasteiger partial charge in [-0.15, -0.1) is 10.2 Å². The number of hydrogen-bond acceptors (Lipinski definition) is 5. The Hall–Kier alpha value is -2.43. The maximum absolute atomic E-state index is 11.3. The van der Waals surface area contributed by atoms with Gasteiger partial charge >= 0.3 is 11.9 Å². The molecule has 0 saturated carbocycles. The SMILES string of the molecule is COC(=O)c1nnc2c3ccccc3cc-2o1. The largest absolute Gasteiger partial charge is 0.462 e. The summed E-state index contributed by atoms with van der Waals surface area (Å²) in [4.78, 5) is 11.3. The third-order valence-electron chi connectivity index (χ3n) is 2.54. The lowest BCUT2D eigenvalue weighted by molar-refractivity contribution is 0.0550. The summed E-state index contributed by atoms with van der Waals surface area (Å²) in [5, 5.41) is 9.66. The van der Waals surface area contributed by atoms with Crippen LogP contribution in [0.3, 0.4) is 0 Å². The summed E-state index contributed by atoms with van der Waals surface area (Å²) in [6.45, 7) is 0. The van der Waals surface area contributed by atoms with E-state index in [1.54, 1.807) is 0 Å². The molecule has 0 unspecified atom stereocenters. The highest BCUT2D eigenvalue weighted by atomic mass is 16.5. The van der Waals surface area contributed by atoms with Crippen molar-refractivity contribution in [3.05, 3.63) is 36.2 Å². The van der Waals surface area contributed by atoms with Crippen molar-refractivity contribution in [2.45, 2.75) is 0 Å². The van der Waals surface area contributed by atoms with Crippen LogP contribution in [-0.2, 0) is 4.74 Å². The van der Waals surface area contributed by atoms with Crippen LogP contribution in [0.25, 0.3) is 22.2 Å². The maximum Gasteiger partial charge on any atom is 0.396 e. The second-order valence-electron chi connectivity index (χ2n) is 3.54. The van der Waals surface area contributed by atoms with Gasteiger partial charge in [0.1, 0.15) is 5.69 Å². The summed E-state index contributed by atoms with van der Waals surface area (Å²) in [5.41, 5.74) is 0.647. The van der Waals surface area contributed by atoms with Crippen LogP contribution >= 0.6 is 0 Å². The zero-order valence-corrected chi connectivity index (χ0v) is 9.01. The third-order valence-corrected chi connectivity index (χ3v) is 2.54.